The van der Waals surface area contributed by atoms with Crippen molar-refractivity contribution in [3.05, 3.63) is 65.6 Å². The van der Waals surface area contributed by atoms with Crippen LogP contribution in [-0.4, -0.2) is 80.2 Å². The molecule has 4 aromatic rings. The Hall–Kier alpha value is -3.57. The molecular weight excluding hydrogens is 547 g/mol. The number of rotatable bonds is 16. The molecule has 0 spiro atoms. The van der Waals surface area contributed by atoms with E-state index in [1.54, 1.807) is 19.4 Å². The van der Waals surface area contributed by atoms with Crippen molar-refractivity contribution in [3.63, 3.8) is 0 Å². The lowest BCUT2D eigenvalue weighted by Gasteiger charge is -2.16. The number of ether oxygens (including phenoxy) is 3. The quantitative estimate of drug-likeness (QED) is 0.165. The molecule has 0 atom stereocenters. The molecular formula is C30H36ClFN6O3. The summed E-state index contributed by atoms with van der Waals surface area (Å²) in [5.41, 5.74) is 2.58. The number of hydrogen-bond acceptors (Lipinski definition) is 9. The third kappa shape index (κ3) is 8.71. The summed E-state index contributed by atoms with van der Waals surface area (Å²) in [4.78, 5) is 6.83. The largest absolute Gasteiger partial charge is 0.492 e. The minimum absolute atomic E-state index is 0.236. The van der Waals surface area contributed by atoms with Gasteiger partial charge in [-0.1, -0.05) is 18.5 Å². The zero-order valence-corrected chi connectivity index (χ0v) is 24.4. The first-order valence-electron chi connectivity index (χ1n) is 13.6. The minimum Gasteiger partial charge on any atom is -0.492 e. The second-order valence-corrected chi connectivity index (χ2v) is 9.91. The van der Waals surface area contributed by atoms with Crippen molar-refractivity contribution in [3.8, 4) is 22.9 Å². The highest BCUT2D eigenvalue weighted by Gasteiger charge is 2.15. The Balaban J connectivity index is 1.49. The molecule has 0 aliphatic carbocycles. The molecule has 0 aliphatic heterocycles. The van der Waals surface area contributed by atoms with Crippen LogP contribution in [0.25, 0.3) is 22.2 Å². The Morgan fingerprint density at radius 1 is 0.927 bits per heavy atom. The number of likely N-dealkylation sites (N-methyl/N-ethyl adjacent to an activating group) is 1. The lowest BCUT2D eigenvalue weighted by atomic mass is 10.1. The minimum atomic E-state index is -0.455. The Labute approximate surface area is 245 Å². The van der Waals surface area contributed by atoms with Crippen molar-refractivity contribution in [1.29, 1.82) is 0 Å². The molecule has 0 aliphatic rings. The van der Waals surface area contributed by atoms with Crippen molar-refractivity contribution in [2.24, 2.45) is 0 Å². The number of hydrogen-bond donors (Lipinski definition) is 2. The van der Waals surface area contributed by atoms with Gasteiger partial charge in [-0.2, -0.15) is 0 Å². The maximum atomic E-state index is 14.6. The summed E-state index contributed by atoms with van der Waals surface area (Å²) in [7, 11) is 3.72. The predicted molar refractivity (Wildman–Crippen MR) is 161 cm³/mol. The van der Waals surface area contributed by atoms with Crippen molar-refractivity contribution in [1.82, 2.24) is 25.4 Å². The molecule has 0 radical (unpaired) electrons. The number of pyridine rings is 1. The Morgan fingerprint density at radius 3 is 2.63 bits per heavy atom. The number of fused-ring (bicyclic) bond motifs is 1. The Kier molecular flexibility index (Phi) is 11.4. The highest BCUT2D eigenvalue weighted by Crippen LogP contribution is 2.34. The first kappa shape index (κ1) is 30.4. The molecule has 0 fully saturated rings. The monoisotopic (exact) mass is 582 g/mol. The number of halogens is 2. The molecule has 218 valence electrons. The van der Waals surface area contributed by atoms with Gasteiger partial charge in [0.05, 0.1) is 17.8 Å². The van der Waals surface area contributed by atoms with Crippen LogP contribution in [0.1, 0.15) is 13.3 Å². The molecule has 2 N–H and O–H groups in total. The summed E-state index contributed by atoms with van der Waals surface area (Å²) >= 11 is 6.11. The number of anilines is 2. The molecule has 0 saturated carbocycles. The van der Waals surface area contributed by atoms with E-state index in [0.717, 1.165) is 54.9 Å². The molecule has 0 bridgehead atoms. The van der Waals surface area contributed by atoms with Gasteiger partial charge in [-0.25, -0.2) is 4.39 Å². The van der Waals surface area contributed by atoms with Crippen LogP contribution in [0.5, 0.6) is 11.6 Å². The Bertz CT molecular complexity index is 1430. The van der Waals surface area contributed by atoms with E-state index in [2.05, 4.69) is 44.7 Å². The standard InChI is InChI=1S/C30H36ClFN6O3/c1-4-13-38(2)14-11-33-12-15-40-22-6-7-23-26(9-10-34-27(23)19-22)35-29-20-28(24-18-21(31)5-8-25(24)32)36-37-30(29)41-17-16-39-3/h5-10,18-20,33H,4,11-17H2,1-3H3,(H,34,35,36). The smallest absolute Gasteiger partial charge is 0.257 e. The number of nitrogens with zero attached hydrogens (tertiary/aromatic N) is 4. The van der Waals surface area contributed by atoms with Gasteiger partial charge in [0.2, 0.25) is 0 Å². The van der Waals surface area contributed by atoms with Gasteiger partial charge < -0.3 is 29.7 Å². The lowest BCUT2D eigenvalue weighted by molar-refractivity contribution is 0.143. The van der Waals surface area contributed by atoms with E-state index in [9.17, 15) is 4.39 Å². The molecule has 2 aromatic carbocycles. The van der Waals surface area contributed by atoms with Gasteiger partial charge in [-0.15, -0.1) is 10.2 Å². The molecule has 2 heterocycles. The highest BCUT2D eigenvalue weighted by atomic mass is 35.5. The predicted octanol–water partition coefficient (Wildman–Crippen LogP) is 5.56. The fraction of sp³-hybridized carbons (Fsp3) is 0.367. The molecule has 0 unspecified atom stereocenters. The first-order valence-corrected chi connectivity index (χ1v) is 14.0. The maximum absolute atomic E-state index is 14.6. The van der Waals surface area contributed by atoms with E-state index in [0.29, 0.717) is 29.6 Å². The third-order valence-electron chi connectivity index (χ3n) is 6.30. The molecule has 0 amide bonds. The summed E-state index contributed by atoms with van der Waals surface area (Å²) < 4.78 is 31.4. The van der Waals surface area contributed by atoms with E-state index >= 15 is 0 Å². The van der Waals surface area contributed by atoms with Gasteiger partial charge in [0.25, 0.3) is 5.88 Å². The van der Waals surface area contributed by atoms with Gasteiger partial charge in [-0.3, -0.25) is 4.98 Å². The fourth-order valence-electron chi connectivity index (χ4n) is 4.22. The topological polar surface area (TPSA) is 93.7 Å². The van der Waals surface area contributed by atoms with Gasteiger partial charge >= 0.3 is 0 Å². The number of aromatic nitrogens is 3. The van der Waals surface area contributed by atoms with Crippen LogP contribution in [0, 0.1) is 5.82 Å². The van der Waals surface area contributed by atoms with Crippen molar-refractivity contribution in [2.45, 2.75) is 13.3 Å². The average molecular weight is 583 g/mol. The maximum Gasteiger partial charge on any atom is 0.257 e. The zero-order chi connectivity index (χ0) is 29.0. The second kappa shape index (κ2) is 15.4. The van der Waals surface area contributed by atoms with Crippen LogP contribution < -0.4 is 20.1 Å². The highest BCUT2D eigenvalue weighted by molar-refractivity contribution is 6.30. The van der Waals surface area contributed by atoms with Crippen LogP contribution in [0.2, 0.25) is 5.02 Å². The van der Waals surface area contributed by atoms with E-state index in [1.165, 1.54) is 18.2 Å². The third-order valence-corrected chi connectivity index (χ3v) is 6.53. The van der Waals surface area contributed by atoms with Crippen LogP contribution in [-0.2, 0) is 4.74 Å². The molecule has 2 aromatic heterocycles. The van der Waals surface area contributed by atoms with Crippen molar-refractivity contribution >= 4 is 33.9 Å². The van der Waals surface area contributed by atoms with E-state index < -0.39 is 5.82 Å². The van der Waals surface area contributed by atoms with Gasteiger partial charge in [-0.05, 0) is 62.5 Å². The van der Waals surface area contributed by atoms with Crippen molar-refractivity contribution < 1.29 is 18.6 Å². The number of methoxy groups -OCH3 is 1. The molecule has 11 heteroatoms. The van der Waals surface area contributed by atoms with Gasteiger partial charge in [0, 0.05) is 60.7 Å². The zero-order valence-electron chi connectivity index (χ0n) is 23.6. The second-order valence-electron chi connectivity index (χ2n) is 9.48. The fourth-order valence-corrected chi connectivity index (χ4v) is 4.40. The van der Waals surface area contributed by atoms with E-state index in [1.807, 2.05) is 24.3 Å². The summed E-state index contributed by atoms with van der Waals surface area (Å²) in [6.07, 6.45) is 2.86. The molecule has 0 saturated heterocycles. The summed E-state index contributed by atoms with van der Waals surface area (Å²) in [5, 5.41) is 16.4. The first-order chi connectivity index (χ1) is 20.0. The van der Waals surface area contributed by atoms with Crippen LogP contribution in [0.4, 0.5) is 15.8 Å². The normalized spacial score (nSPS) is 11.3. The average Bonchev–Trinajstić information content (AvgIpc) is 2.97. The molecule has 41 heavy (non-hydrogen) atoms. The van der Waals surface area contributed by atoms with Crippen LogP contribution >= 0.6 is 11.6 Å². The SMILES string of the molecule is CCCN(C)CCNCCOc1ccc2c(Nc3cc(-c4cc(Cl)ccc4F)nnc3OCCOC)ccnc2c1. The van der Waals surface area contributed by atoms with Gasteiger partial charge in [0.1, 0.15) is 30.5 Å². The molecule has 9 nitrogen and oxygen atoms in total. The van der Waals surface area contributed by atoms with Gasteiger partial charge in [0.15, 0.2) is 0 Å². The molecule has 4 rings (SSSR count). The van der Waals surface area contributed by atoms with Crippen LogP contribution in [0.3, 0.4) is 0 Å². The number of benzene rings is 2. The number of nitrogens with one attached hydrogen (secondary N) is 2. The Morgan fingerprint density at radius 2 is 1.80 bits per heavy atom. The van der Waals surface area contributed by atoms with Crippen molar-refractivity contribution in [2.75, 3.05) is 65.5 Å². The lowest BCUT2D eigenvalue weighted by Crippen LogP contribution is -2.31. The summed E-state index contributed by atoms with van der Waals surface area (Å²) in [6, 6.07) is 13.6. The van der Waals surface area contributed by atoms with E-state index in [-0.39, 0.29) is 18.1 Å². The summed E-state index contributed by atoms with van der Waals surface area (Å²) in [6.45, 7) is 7.15. The summed E-state index contributed by atoms with van der Waals surface area (Å²) in [5.74, 6) is 0.537. The van der Waals surface area contributed by atoms with E-state index in [4.69, 9.17) is 25.8 Å². The van der Waals surface area contributed by atoms with Crippen LogP contribution in [0.15, 0.2) is 54.7 Å².